The average molecular weight is 375 g/mol. The minimum absolute atomic E-state index is 0.255. The van der Waals surface area contributed by atoms with Gasteiger partial charge in [0.05, 0.1) is 18.4 Å². The monoisotopic (exact) mass is 375 g/mol. The number of thiophene rings is 1. The van der Waals surface area contributed by atoms with Crippen molar-refractivity contribution in [1.82, 2.24) is 4.98 Å². The smallest absolute Gasteiger partial charge is 0.350 e. The Kier molecular flexibility index (Phi) is 5.47. The van der Waals surface area contributed by atoms with E-state index < -0.39 is 24.5 Å². The molecule has 8 nitrogen and oxygen atoms in total. The third kappa shape index (κ3) is 4.57. The molecule has 2 aromatic heterocycles. The van der Waals surface area contributed by atoms with Crippen molar-refractivity contribution >= 4 is 40.7 Å². The van der Waals surface area contributed by atoms with Gasteiger partial charge in [0.2, 0.25) is 0 Å². The van der Waals surface area contributed by atoms with Crippen LogP contribution in [0.5, 0.6) is 0 Å². The maximum Gasteiger partial charge on any atom is 0.350 e. The van der Waals surface area contributed by atoms with E-state index in [4.69, 9.17) is 4.74 Å². The van der Waals surface area contributed by atoms with Crippen molar-refractivity contribution < 1.29 is 23.9 Å². The molecule has 0 saturated heterocycles. The predicted octanol–water partition coefficient (Wildman–Crippen LogP) is 2.30. The summed E-state index contributed by atoms with van der Waals surface area (Å²) in [5, 5.41) is 7.38. The quantitative estimate of drug-likeness (QED) is 0.715. The first-order chi connectivity index (χ1) is 12.6. The first-order valence-electron chi connectivity index (χ1n) is 7.92. The summed E-state index contributed by atoms with van der Waals surface area (Å²) in [7, 11) is 1.26. The Hall–Kier alpha value is -2.94. The van der Waals surface area contributed by atoms with Crippen LogP contribution in [0, 0.1) is 0 Å². The number of amides is 1. The first-order valence-corrected chi connectivity index (χ1v) is 8.80. The number of methoxy groups -OCH3 is 1. The molecule has 1 saturated carbocycles. The lowest BCUT2D eigenvalue weighted by atomic mass is 10.3. The molecule has 0 spiro atoms. The number of carbonyl (C=O) groups excluding carboxylic acids is 3. The van der Waals surface area contributed by atoms with Gasteiger partial charge in [-0.3, -0.25) is 4.79 Å². The van der Waals surface area contributed by atoms with Crippen LogP contribution in [0.4, 0.5) is 11.5 Å². The summed E-state index contributed by atoms with van der Waals surface area (Å²) in [6, 6.07) is 5.33. The number of esters is 2. The summed E-state index contributed by atoms with van der Waals surface area (Å²) in [6.45, 7) is -0.475. The first kappa shape index (κ1) is 17.9. The number of nitrogens with one attached hydrogen (secondary N) is 2. The van der Waals surface area contributed by atoms with Gasteiger partial charge in [0.15, 0.2) is 6.61 Å². The minimum atomic E-state index is -0.649. The standard InChI is InChI=1S/C17H17N3O5S/c1-24-17(23)15-12(6-7-26-15)20-14(21)9-25-16(22)10-2-5-13(18-8-10)19-11-3-4-11/h2,5-8,11H,3-4,9H2,1H3,(H,18,19)(H,20,21). The van der Waals surface area contributed by atoms with Gasteiger partial charge in [0.25, 0.3) is 5.91 Å². The Bertz CT molecular complexity index is 814. The van der Waals surface area contributed by atoms with Crippen LogP contribution in [0.2, 0.25) is 0 Å². The van der Waals surface area contributed by atoms with Crippen molar-refractivity contribution in [2.45, 2.75) is 18.9 Å². The normalized spacial score (nSPS) is 13.0. The lowest BCUT2D eigenvalue weighted by Crippen LogP contribution is -2.21. The molecular formula is C17H17N3O5S. The number of pyridine rings is 1. The molecule has 1 aliphatic rings. The Balaban J connectivity index is 1.50. The highest BCUT2D eigenvalue weighted by atomic mass is 32.1. The predicted molar refractivity (Wildman–Crippen MR) is 95.5 cm³/mol. The van der Waals surface area contributed by atoms with Gasteiger partial charge in [0.1, 0.15) is 10.7 Å². The molecule has 9 heteroatoms. The zero-order valence-corrected chi connectivity index (χ0v) is 14.8. The van der Waals surface area contributed by atoms with E-state index in [1.165, 1.54) is 13.3 Å². The lowest BCUT2D eigenvalue weighted by Gasteiger charge is -2.07. The van der Waals surface area contributed by atoms with Gasteiger partial charge in [-0.25, -0.2) is 14.6 Å². The zero-order chi connectivity index (χ0) is 18.5. The summed E-state index contributed by atoms with van der Waals surface area (Å²) < 4.78 is 9.61. The Morgan fingerprint density at radius 3 is 2.69 bits per heavy atom. The topological polar surface area (TPSA) is 107 Å². The molecule has 26 heavy (non-hydrogen) atoms. The van der Waals surface area contributed by atoms with Gasteiger partial charge in [-0.2, -0.15) is 0 Å². The number of aromatic nitrogens is 1. The number of nitrogens with zero attached hydrogens (tertiary/aromatic N) is 1. The van der Waals surface area contributed by atoms with E-state index in [2.05, 4.69) is 20.4 Å². The van der Waals surface area contributed by atoms with Crippen LogP contribution in [0.3, 0.4) is 0 Å². The molecule has 1 aliphatic carbocycles. The largest absolute Gasteiger partial charge is 0.465 e. The Morgan fingerprint density at radius 2 is 2.04 bits per heavy atom. The van der Waals surface area contributed by atoms with E-state index in [0.717, 1.165) is 24.2 Å². The highest BCUT2D eigenvalue weighted by Crippen LogP contribution is 2.24. The van der Waals surface area contributed by atoms with Crippen LogP contribution in [0.1, 0.15) is 32.9 Å². The maximum absolute atomic E-state index is 12.0. The molecule has 0 atom stereocenters. The summed E-state index contributed by atoms with van der Waals surface area (Å²) >= 11 is 1.14. The van der Waals surface area contributed by atoms with E-state index in [1.807, 2.05) is 0 Å². The molecule has 0 aromatic carbocycles. The van der Waals surface area contributed by atoms with Crippen molar-refractivity contribution in [2.24, 2.45) is 0 Å². The minimum Gasteiger partial charge on any atom is -0.465 e. The molecule has 2 aromatic rings. The van der Waals surface area contributed by atoms with Crippen molar-refractivity contribution in [3.8, 4) is 0 Å². The molecular weight excluding hydrogens is 358 g/mol. The van der Waals surface area contributed by atoms with Crippen LogP contribution < -0.4 is 10.6 Å². The fraction of sp³-hybridized carbons (Fsp3) is 0.294. The van der Waals surface area contributed by atoms with Crippen molar-refractivity contribution in [2.75, 3.05) is 24.4 Å². The average Bonchev–Trinajstić information content (AvgIpc) is 3.35. The second kappa shape index (κ2) is 7.96. The van der Waals surface area contributed by atoms with Gasteiger partial charge in [0, 0.05) is 12.2 Å². The number of anilines is 2. The zero-order valence-electron chi connectivity index (χ0n) is 14.0. The second-order valence-corrected chi connectivity index (χ2v) is 6.55. The molecule has 136 valence electrons. The summed E-state index contributed by atoms with van der Waals surface area (Å²) in [5.41, 5.74) is 0.574. The highest BCUT2D eigenvalue weighted by Gasteiger charge is 2.21. The molecule has 0 unspecified atom stereocenters. The Morgan fingerprint density at radius 1 is 1.23 bits per heavy atom. The van der Waals surface area contributed by atoms with Gasteiger partial charge < -0.3 is 20.1 Å². The SMILES string of the molecule is COC(=O)c1sccc1NC(=O)COC(=O)c1ccc(NC2CC2)nc1. The number of hydrogen-bond donors (Lipinski definition) is 2. The van der Waals surface area contributed by atoms with Crippen LogP contribution in [0.15, 0.2) is 29.8 Å². The van der Waals surface area contributed by atoms with Crippen molar-refractivity contribution in [3.63, 3.8) is 0 Å². The van der Waals surface area contributed by atoms with E-state index in [0.29, 0.717) is 17.5 Å². The van der Waals surface area contributed by atoms with Crippen LogP contribution in [0.25, 0.3) is 0 Å². The molecule has 2 N–H and O–H groups in total. The van der Waals surface area contributed by atoms with Crippen LogP contribution in [-0.2, 0) is 14.3 Å². The Labute approximate surface area is 153 Å². The van der Waals surface area contributed by atoms with Crippen molar-refractivity contribution in [1.29, 1.82) is 0 Å². The van der Waals surface area contributed by atoms with E-state index in [1.54, 1.807) is 23.6 Å². The molecule has 0 aliphatic heterocycles. The lowest BCUT2D eigenvalue weighted by molar-refractivity contribution is -0.119. The number of hydrogen-bond acceptors (Lipinski definition) is 8. The molecule has 1 amide bonds. The highest BCUT2D eigenvalue weighted by molar-refractivity contribution is 7.12. The summed E-state index contributed by atoms with van der Waals surface area (Å²) in [6.07, 6.45) is 3.66. The third-order valence-electron chi connectivity index (χ3n) is 3.57. The molecule has 2 heterocycles. The van der Waals surface area contributed by atoms with Gasteiger partial charge >= 0.3 is 11.9 Å². The number of ether oxygens (including phenoxy) is 2. The molecule has 1 fully saturated rings. The van der Waals surface area contributed by atoms with E-state index >= 15 is 0 Å². The summed E-state index contributed by atoms with van der Waals surface area (Å²) in [4.78, 5) is 39.9. The fourth-order valence-electron chi connectivity index (χ4n) is 2.10. The number of carbonyl (C=O) groups is 3. The van der Waals surface area contributed by atoms with E-state index in [9.17, 15) is 14.4 Å². The number of rotatable bonds is 7. The molecule has 0 radical (unpaired) electrons. The van der Waals surface area contributed by atoms with Crippen LogP contribution in [-0.4, -0.2) is 42.6 Å². The fourth-order valence-corrected chi connectivity index (χ4v) is 2.86. The summed E-state index contributed by atoms with van der Waals surface area (Å²) in [5.74, 6) is -1.04. The maximum atomic E-state index is 12.0. The van der Waals surface area contributed by atoms with Gasteiger partial charge in [-0.15, -0.1) is 11.3 Å². The van der Waals surface area contributed by atoms with Gasteiger partial charge in [-0.1, -0.05) is 0 Å². The van der Waals surface area contributed by atoms with Gasteiger partial charge in [-0.05, 0) is 36.4 Å². The third-order valence-corrected chi connectivity index (χ3v) is 4.47. The molecule has 3 rings (SSSR count). The molecule has 0 bridgehead atoms. The van der Waals surface area contributed by atoms with Crippen LogP contribution >= 0.6 is 11.3 Å². The van der Waals surface area contributed by atoms with E-state index in [-0.39, 0.29) is 10.4 Å². The van der Waals surface area contributed by atoms with Crippen molar-refractivity contribution in [3.05, 3.63) is 40.2 Å². The second-order valence-electron chi connectivity index (χ2n) is 5.63.